The zero-order valence-electron chi connectivity index (χ0n) is 7.06. The standard InChI is InChI=1S/C10H6O3S/c11-9(10(12)13)7-1-2-8-6(5-7)3-4-14-8/h1-5H,(H,12,13). The molecule has 1 heterocycles. The molecular weight excluding hydrogens is 200 g/mol. The lowest BCUT2D eigenvalue weighted by Crippen LogP contribution is -2.12. The van der Waals surface area contributed by atoms with Gasteiger partial charge in [-0.1, -0.05) is 0 Å². The molecule has 0 aliphatic heterocycles. The lowest BCUT2D eigenvalue weighted by atomic mass is 10.1. The minimum Gasteiger partial charge on any atom is -0.475 e. The second-order valence-corrected chi connectivity index (χ2v) is 3.76. The minimum atomic E-state index is -1.42. The minimum absolute atomic E-state index is 0.225. The molecule has 0 aliphatic carbocycles. The van der Waals surface area contributed by atoms with Crippen LogP contribution in [0.5, 0.6) is 0 Å². The molecule has 0 aliphatic rings. The Labute approximate surface area is 83.6 Å². The van der Waals surface area contributed by atoms with Gasteiger partial charge in [0.15, 0.2) is 0 Å². The van der Waals surface area contributed by atoms with E-state index in [1.807, 2.05) is 11.4 Å². The van der Waals surface area contributed by atoms with Gasteiger partial charge in [0.05, 0.1) is 0 Å². The fourth-order valence-electron chi connectivity index (χ4n) is 1.23. The quantitative estimate of drug-likeness (QED) is 0.605. The van der Waals surface area contributed by atoms with E-state index in [4.69, 9.17) is 5.11 Å². The molecule has 0 atom stereocenters. The van der Waals surface area contributed by atoms with Crippen molar-refractivity contribution in [1.82, 2.24) is 0 Å². The highest BCUT2D eigenvalue weighted by Crippen LogP contribution is 2.21. The number of thiophene rings is 1. The van der Waals surface area contributed by atoms with Crippen molar-refractivity contribution in [2.24, 2.45) is 0 Å². The Hall–Kier alpha value is -1.68. The van der Waals surface area contributed by atoms with E-state index in [-0.39, 0.29) is 5.56 Å². The van der Waals surface area contributed by atoms with Crippen molar-refractivity contribution in [3.63, 3.8) is 0 Å². The molecule has 1 N–H and O–H groups in total. The van der Waals surface area contributed by atoms with Crippen LogP contribution in [0.2, 0.25) is 0 Å². The number of carbonyl (C=O) groups is 2. The van der Waals surface area contributed by atoms with Crippen molar-refractivity contribution in [2.45, 2.75) is 0 Å². The van der Waals surface area contributed by atoms with Crippen LogP contribution in [0.3, 0.4) is 0 Å². The van der Waals surface area contributed by atoms with Gasteiger partial charge in [-0.3, -0.25) is 4.79 Å². The van der Waals surface area contributed by atoms with Crippen LogP contribution in [0.15, 0.2) is 29.6 Å². The SMILES string of the molecule is O=C(O)C(=O)c1ccc2sccc2c1. The highest BCUT2D eigenvalue weighted by molar-refractivity contribution is 7.17. The van der Waals surface area contributed by atoms with Crippen molar-refractivity contribution < 1.29 is 14.7 Å². The Bertz CT molecular complexity index is 513. The van der Waals surface area contributed by atoms with Gasteiger partial charge in [-0.25, -0.2) is 4.79 Å². The van der Waals surface area contributed by atoms with Crippen molar-refractivity contribution in [3.8, 4) is 0 Å². The first kappa shape index (κ1) is 8.90. The van der Waals surface area contributed by atoms with E-state index in [1.165, 1.54) is 6.07 Å². The monoisotopic (exact) mass is 206 g/mol. The lowest BCUT2D eigenvalue weighted by Gasteiger charge is -1.95. The number of hydrogen-bond donors (Lipinski definition) is 1. The molecule has 0 radical (unpaired) electrons. The maximum atomic E-state index is 11.1. The molecule has 1 aromatic heterocycles. The van der Waals surface area contributed by atoms with Gasteiger partial charge in [-0.05, 0) is 35.0 Å². The van der Waals surface area contributed by atoms with Gasteiger partial charge in [0.2, 0.25) is 0 Å². The number of benzene rings is 1. The second kappa shape index (κ2) is 3.23. The molecule has 2 rings (SSSR count). The number of Topliss-reactive ketones (excluding diaryl/α,β-unsaturated/α-hetero) is 1. The summed E-state index contributed by atoms with van der Waals surface area (Å²) in [7, 11) is 0. The molecule has 0 amide bonds. The van der Waals surface area contributed by atoms with E-state index in [9.17, 15) is 9.59 Å². The van der Waals surface area contributed by atoms with E-state index < -0.39 is 11.8 Å². The summed E-state index contributed by atoms with van der Waals surface area (Å²) in [6.07, 6.45) is 0. The fourth-order valence-corrected chi connectivity index (χ4v) is 2.00. The van der Waals surface area contributed by atoms with Gasteiger partial charge in [-0.2, -0.15) is 0 Å². The van der Waals surface area contributed by atoms with Crippen LogP contribution in [-0.2, 0) is 4.79 Å². The van der Waals surface area contributed by atoms with Crippen molar-refractivity contribution in [3.05, 3.63) is 35.2 Å². The number of rotatable bonds is 2. The average Bonchev–Trinajstić information content (AvgIpc) is 2.62. The van der Waals surface area contributed by atoms with Crippen molar-refractivity contribution in [2.75, 3.05) is 0 Å². The van der Waals surface area contributed by atoms with Gasteiger partial charge in [-0.15, -0.1) is 11.3 Å². The average molecular weight is 206 g/mol. The first-order valence-electron chi connectivity index (χ1n) is 3.93. The van der Waals surface area contributed by atoms with Crippen molar-refractivity contribution >= 4 is 33.2 Å². The van der Waals surface area contributed by atoms with E-state index in [0.29, 0.717) is 0 Å². The molecule has 2 aromatic rings. The van der Waals surface area contributed by atoms with Crippen LogP contribution in [0.4, 0.5) is 0 Å². The number of carbonyl (C=O) groups excluding carboxylic acids is 1. The predicted octanol–water partition coefficient (Wildman–Crippen LogP) is 2.17. The van der Waals surface area contributed by atoms with Crippen LogP contribution in [0.25, 0.3) is 10.1 Å². The summed E-state index contributed by atoms with van der Waals surface area (Å²) >= 11 is 1.56. The Morgan fingerprint density at radius 3 is 2.71 bits per heavy atom. The largest absolute Gasteiger partial charge is 0.475 e. The normalized spacial score (nSPS) is 10.3. The smallest absolute Gasteiger partial charge is 0.377 e. The number of carboxylic acids is 1. The van der Waals surface area contributed by atoms with E-state index in [0.717, 1.165) is 10.1 Å². The predicted molar refractivity (Wildman–Crippen MR) is 53.8 cm³/mol. The van der Waals surface area contributed by atoms with Crippen LogP contribution < -0.4 is 0 Å². The first-order valence-corrected chi connectivity index (χ1v) is 4.81. The molecule has 4 heteroatoms. The van der Waals surface area contributed by atoms with Gasteiger partial charge in [0.25, 0.3) is 5.78 Å². The number of aliphatic carboxylic acids is 1. The zero-order chi connectivity index (χ0) is 10.1. The Balaban J connectivity index is 2.54. The van der Waals surface area contributed by atoms with E-state index >= 15 is 0 Å². The molecule has 0 saturated heterocycles. The highest BCUT2D eigenvalue weighted by atomic mass is 32.1. The summed E-state index contributed by atoms with van der Waals surface area (Å²) in [6, 6.07) is 6.76. The molecule has 0 bridgehead atoms. The fraction of sp³-hybridized carbons (Fsp3) is 0. The first-order chi connectivity index (χ1) is 6.68. The summed E-state index contributed by atoms with van der Waals surface area (Å²) < 4.78 is 1.05. The third-order valence-electron chi connectivity index (χ3n) is 1.91. The topological polar surface area (TPSA) is 54.4 Å². The lowest BCUT2D eigenvalue weighted by molar-refractivity contribution is -0.131. The van der Waals surface area contributed by atoms with Crippen LogP contribution in [-0.4, -0.2) is 16.9 Å². The summed E-state index contributed by atoms with van der Waals surface area (Å²) in [5.41, 5.74) is 0.225. The Kier molecular flexibility index (Phi) is 2.05. The zero-order valence-corrected chi connectivity index (χ0v) is 7.88. The van der Waals surface area contributed by atoms with Crippen molar-refractivity contribution in [1.29, 1.82) is 0 Å². The molecule has 0 saturated carbocycles. The third-order valence-corrected chi connectivity index (χ3v) is 2.81. The van der Waals surface area contributed by atoms with E-state index in [1.54, 1.807) is 23.5 Å². The van der Waals surface area contributed by atoms with Gasteiger partial charge >= 0.3 is 5.97 Å². The maximum Gasteiger partial charge on any atom is 0.377 e. The molecule has 0 fully saturated rings. The number of hydrogen-bond acceptors (Lipinski definition) is 3. The summed E-state index contributed by atoms with van der Waals surface area (Å²) in [5, 5.41) is 11.3. The summed E-state index contributed by atoms with van der Waals surface area (Å²) in [6.45, 7) is 0. The number of carboxylic acid groups (broad SMARTS) is 1. The highest BCUT2D eigenvalue weighted by Gasteiger charge is 2.14. The van der Waals surface area contributed by atoms with Crippen LogP contribution >= 0.6 is 11.3 Å². The second-order valence-electron chi connectivity index (χ2n) is 2.81. The summed E-state index contributed by atoms with van der Waals surface area (Å²) in [5.74, 6) is -2.28. The van der Waals surface area contributed by atoms with E-state index in [2.05, 4.69) is 0 Å². The molecular formula is C10H6O3S. The summed E-state index contributed by atoms with van der Waals surface area (Å²) in [4.78, 5) is 21.5. The van der Waals surface area contributed by atoms with Gasteiger partial charge in [0, 0.05) is 10.3 Å². The van der Waals surface area contributed by atoms with Crippen LogP contribution in [0.1, 0.15) is 10.4 Å². The maximum absolute atomic E-state index is 11.1. The third kappa shape index (κ3) is 1.40. The molecule has 0 spiro atoms. The molecule has 1 aromatic carbocycles. The Morgan fingerprint density at radius 1 is 1.21 bits per heavy atom. The van der Waals surface area contributed by atoms with Crippen LogP contribution in [0, 0.1) is 0 Å². The molecule has 0 unspecified atom stereocenters. The Morgan fingerprint density at radius 2 is 2.00 bits per heavy atom. The number of fused-ring (bicyclic) bond motifs is 1. The van der Waals surface area contributed by atoms with Gasteiger partial charge in [0.1, 0.15) is 0 Å². The molecule has 70 valence electrons. The van der Waals surface area contributed by atoms with Gasteiger partial charge < -0.3 is 5.11 Å². The number of ketones is 1. The molecule has 3 nitrogen and oxygen atoms in total. The molecule has 14 heavy (non-hydrogen) atoms.